The van der Waals surface area contributed by atoms with E-state index in [0.29, 0.717) is 24.7 Å². The van der Waals surface area contributed by atoms with Gasteiger partial charge in [0.15, 0.2) is 11.5 Å². The van der Waals surface area contributed by atoms with Crippen LogP contribution in [-0.2, 0) is 11.3 Å². The van der Waals surface area contributed by atoms with Crippen LogP contribution in [0.2, 0.25) is 0 Å². The van der Waals surface area contributed by atoms with E-state index in [1.54, 1.807) is 20.8 Å². The van der Waals surface area contributed by atoms with Crippen molar-refractivity contribution in [1.29, 1.82) is 0 Å². The van der Waals surface area contributed by atoms with Crippen LogP contribution in [-0.4, -0.2) is 24.5 Å². The van der Waals surface area contributed by atoms with E-state index in [1.807, 2.05) is 55.5 Å². The zero-order valence-corrected chi connectivity index (χ0v) is 16.2. The first-order valence-electron chi connectivity index (χ1n) is 8.83. The number of benzene rings is 2. The van der Waals surface area contributed by atoms with Crippen molar-refractivity contribution < 1.29 is 19.0 Å². The van der Waals surface area contributed by atoms with Gasteiger partial charge in [0, 0.05) is 0 Å². The Balaban J connectivity index is 2.01. The van der Waals surface area contributed by atoms with Crippen LogP contribution in [0.15, 0.2) is 53.6 Å². The molecule has 0 spiro atoms. The standard InChI is InChI=1S/C21H26N2O4/c1-5-25-19-13-17(14-22-23-20(24)27-21(2,3)4)11-12-18(19)26-15-16-9-7-6-8-10-16/h6-14H,5,15H2,1-4H3,(H,23,24)/b22-14+. The van der Waals surface area contributed by atoms with Crippen molar-refractivity contribution in [2.45, 2.75) is 39.9 Å². The van der Waals surface area contributed by atoms with Gasteiger partial charge >= 0.3 is 6.09 Å². The molecule has 2 aromatic rings. The summed E-state index contributed by atoms with van der Waals surface area (Å²) in [6, 6.07) is 15.4. The van der Waals surface area contributed by atoms with E-state index in [2.05, 4.69) is 10.5 Å². The summed E-state index contributed by atoms with van der Waals surface area (Å²) in [5, 5.41) is 3.90. The lowest BCUT2D eigenvalue weighted by Crippen LogP contribution is -2.29. The number of nitrogens with one attached hydrogen (secondary N) is 1. The molecule has 6 nitrogen and oxygen atoms in total. The van der Waals surface area contributed by atoms with Gasteiger partial charge in [-0.3, -0.25) is 0 Å². The maximum Gasteiger partial charge on any atom is 0.428 e. The number of amides is 1. The van der Waals surface area contributed by atoms with Crippen LogP contribution in [0, 0.1) is 0 Å². The molecule has 1 N–H and O–H groups in total. The average Bonchev–Trinajstić information content (AvgIpc) is 2.61. The Labute approximate surface area is 160 Å². The second-order valence-corrected chi connectivity index (χ2v) is 6.79. The summed E-state index contributed by atoms with van der Waals surface area (Å²) in [6.45, 7) is 8.25. The van der Waals surface area contributed by atoms with Gasteiger partial charge in [-0.15, -0.1) is 0 Å². The number of nitrogens with zero attached hydrogens (tertiary/aromatic N) is 1. The summed E-state index contributed by atoms with van der Waals surface area (Å²) in [6.07, 6.45) is 0.916. The van der Waals surface area contributed by atoms with Gasteiger partial charge in [-0.25, -0.2) is 10.2 Å². The van der Waals surface area contributed by atoms with Crippen LogP contribution >= 0.6 is 0 Å². The Morgan fingerprint density at radius 3 is 2.48 bits per heavy atom. The number of hydrazone groups is 1. The number of carbonyl (C=O) groups excluding carboxylic acids is 1. The summed E-state index contributed by atoms with van der Waals surface area (Å²) < 4.78 is 16.7. The Morgan fingerprint density at radius 1 is 1.07 bits per heavy atom. The predicted molar refractivity (Wildman–Crippen MR) is 105 cm³/mol. The largest absolute Gasteiger partial charge is 0.490 e. The molecule has 0 atom stereocenters. The number of hydrogen-bond acceptors (Lipinski definition) is 5. The predicted octanol–water partition coefficient (Wildman–Crippen LogP) is 4.52. The Morgan fingerprint density at radius 2 is 1.81 bits per heavy atom. The highest BCUT2D eigenvalue weighted by atomic mass is 16.6. The molecule has 0 fully saturated rings. The van der Waals surface area contributed by atoms with Gasteiger partial charge in [-0.2, -0.15) is 5.10 Å². The molecule has 27 heavy (non-hydrogen) atoms. The van der Waals surface area contributed by atoms with Gasteiger partial charge in [0.2, 0.25) is 0 Å². The lowest BCUT2D eigenvalue weighted by Gasteiger charge is -2.18. The first kappa shape index (κ1) is 20.3. The van der Waals surface area contributed by atoms with E-state index in [9.17, 15) is 4.79 Å². The lowest BCUT2D eigenvalue weighted by atomic mass is 10.2. The number of carbonyl (C=O) groups is 1. The minimum Gasteiger partial charge on any atom is -0.490 e. The van der Waals surface area contributed by atoms with Crippen LogP contribution < -0.4 is 14.9 Å². The molecular formula is C21H26N2O4. The van der Waals surface area contributed by atoms with Crippen LogP contribution in [0.1, 0.15) is 38.8 Å². The van der Waals surface area contributed by atoms with Gasteiger partial charge in [-0.05, 0) is 57.0 Å². The third-order valence-corrected chi connectivity index (χ3v) is 3.27. The van der Waals surface area contributed by atoms with E-state index in [4.69, 9.17) is 14.2 Å². The topological polar surface area (TPSA) is 69.2 Å². The SMILES string of the molecule is CCOc1cc(/C=N/NC(=O)OC(C)(C)C)ccc1OCc1ccccc1. The molecule has 0 heterocycles. The smallest absolute Gasteiger partial charge is 0.428 e. The van der Waals surface area contributed by atoms with E-state index < -0.39 is 11.7 Å². The van der Waals surface area contributed by atoms with Crippen molar-refractivity contribution in [3.63, 3.8) is 0 Å². The summed E-state index contributed by atoms with van der Waals surface area (Å²) in [5.41, 5.74) is 3.61. The molecule has 2 rings (SSSR count). The van der Waals surface area contributed by atoms with Gasteiger partial charge in [-0.1, -0.05) is 30.3 Å². The minimum atomic E-state index is -0.605. The fourth-order valence-corrected chi connectivity index (χ4v) is 2.19. The molecule has 0 aliphatic rings. The molecule has 1 amide bonds. The number of rotatable bonds is 7. The van der Waals surface area contributed by atoms with Gasteiger partial charge < -0.3 is 14.2 Å². The normalized spacial score (nSPS) is 11.3. The molecular weight excluding hydrogens is 344 g/mol. The summed E-state index contributed by atoms with van der Waals surface area (Å²) >= 11 is 0. The van der Waals surface area contributed by atoms with E-state index >= 15 is 0 Å². The zero-order chi connectivity index (χ0) is 19.7. The molecule has 0 saturated heterocycles. The van der Waals surface area contributed by atoms with Crippen LogP contribution in [0.3, 0.4) is 0 Å². The highest BCUT2D eigenvalue weighted by molar-refractivity contribution is 5.82. The third-order valence-electron chi connectivity index (χ3n) is 3.27. The molecule has 2 aromatic carbocycles. The van der Waals surface area contributed by atoms with Crippen molar-refractivity contribution in [1.82, 2.24) is 5.43 Å². The molecule has 0 aliphatic carbocycles. The highest BCUT2D eigenvalue weighted by Gasteiger charge is 2.15. The molecule has 6 heteroatoms. The van der Waals surface area contributed by atoms with E-state index in [-0.39, 0.29) is 0 Å². The molecule has 0 aromatic heterocycles. The Kier molecular flexibility index (Phi) is 7.23. The summed E-state index contributed by atoms with van der Waals surface area (Å²) in [7, 11) is 0. The van der Waals surface area contributed by atoms with Gasteiger partial charge in [0.05, 0.1) is 12.8 Å². The maximum absolute atomic E-state index is 11.6. The molecule has 0 bridgehead atoms. The van der Waals surface area contributed by atoms with Crippen LogP contribution in [0.5, 0.6) is 11.5 Å². The van der Waals surface area contributed by atoms with Crippen LogP contribution in [0.4, 0.5) is 4.79 Å². The second kappa shape index (κ2) is 9.62. The van der Waals surface area contributed by atoms with E-state index in [0.717, 1.165) is 11.1 Å². The summed E-state index contributed by atoms with van der Waals surface area (Å²) in [4.78, 5) is 11.6. The molecule has 0 saturated carbocycles. The molecule has 0 unspecified atom stereocenters. The Bertz CT molecular complexity index is 767. The second-order valence-electron chi connectivity index (χ2n) is 6.79. The van der Waals surface area contributed by atoms with Gasteiger partial charge in [0.25, 0.3) is 0 Å². The monoisotopic (exact) mass is 370 g/mol. The van der Waals surface area contributed by atoms with Crippen molar-refractivity contribution in [2.75, 3.05) is 6.61 Å². The molecule has 144 valence electrons. The number of hydrogen-bond donors (Lipinski definition) is 1. The third kappa shape index (κ3) is 7.40. The Hall–Kier alpha value is -3.02. The quantitative estimate of drug-likeness (QED) is 0.574. The first-order chi connectivity index (χ1) is 12.9. The van der Waals surface area contributed by atoms with Crippen molar-refractivity contribution in [3.8, 4) is 11.5 Å². The molecule has 0 aliphatic heterocycles. The van der Waals surface area contributed by atoms with E-state index in [1.165, 1.54) is 6.21 Å². The number of ether oxygens (including phenoxy) is 3. The van der Waals surface area contributed by atoms with Crippen molar-refractivity contribution in [2.24, 2.45) is 5.10 Å². The minimum absolute atomic E-state index is 0.453. The maximum atomic E-state index is 11.6. The molecule has 0 radical (unpaired) electrons. The van der Waals surface area contributed by atoms with Crippen molar-refractivity contribution in [3.05, 3.63) is 59.7 Å². The fourth-order valence-electron chi connectivity index (χ4n) is 2.19. The average molecular weight is 370 g/mol. The lowest BCUT2D eigenvalue weighted by molar-refractivity contribution is 0.0529. The first-order valence-corrected chi connectivity index (χ1v) is 8.83. The fraction of sp³-hybridized carbons (Fsp3) is 0.333. The summed E-state index contributed by atoms with van der Waals surface area (Å²) in [5.74, 6) is 1.27. The van der Waals surface area contributed by atoms with Gasteiger partial charge in [0.1, 0.15) is 12.2 Å². The van der Waals surface area contributed by atoms with Crippen LogP contribution in [0.25, 0.3) is 0 Å². The van der Waals surface area contributed by atoms with Crippen molar-refractivity contribution >= 4 is 12.3 Å². The highest BCUT2D eigenvalue weighted by Crippen LogP contribution is 2.28. The zero-order valence-electron chi connectivity index (χ0n) is 16.2.